The van der Waals surface area contributed by atoms with Gasteiger partial charge in [0.05, 0.1) is 16.9 Å². The summed E-state index contributed by atoms with van der Waals surface area (Å²) in [5.41, 5.74) is 0.248. The summed E-state index contributed by atoms with van der Waals surface area (Å²) in [6, 6.07) is 1.45. The van der Waals surface area contributed by atoms with Gasteiger partial charge < -0.3 is 5.32 Å². The molecule has 9 heteroatoms. The van der Waals surface area contributed by atoms with Crippen molar-refractivity contribution in [2.24, 2.45) is 0 Å². The normalized spacial score (nSPS) is 11.7. The van der Waals surface area contributed by atoms with Crippen LogP contribution in [0.1, 0.15) is 31.5 Å². The Morgan fingerprint density at radius 2 is 2.23 bits per heavy atom. The first-order valence-electron chi connectivity index (χ1n) is 6.48. The molecule has 0 aliphatic carbocycles. The van der Waals surface area contributed by atoms with Crippen molar-refractivity contribution in [2.45, 2.75) is 25.8 Å². The second-order valence-electron chi connectivity index (χ2n) is 4.44. The minimum Gasteiger partial charge on any atom is -0.308 e. The molecule has 2 aromatic heterocycles. The molecule has 2 aromatic rings. The quantitative estimate of drug-likeness (QED) is 0.790. The number of carbonyl (C=O) groups excluding carboxylic acids is 1. The third-order valence-electron chi connectivity index (χ3n) is 2.85. The zero-order chi connectivity index (χ0) is 16.1. The van der Waals surface area contributed by atoms with E-state index in [4.69, 9.17) is 5.26 Å². The molecule has 0 bridgehead atoms. The Labute approximate surface area is 144 Å². The molecule has 1 amide bonds. The van der Waals surface area contributed by atoms with Gasteiger partial charge in [-0.05, 0) is 38.3 Å². The summed E-state index contributed by atoms with van der Waals surface area (Å²) in [6.07, 6.45) is 5.98. The molecule has 0 fully saturated rings. The van der Waals surface area contributed by atoms with Crippen LogP contribution < -0.4 is 5.32 Å². The fraction of sp³-hybridized carbons (Fsp3) is 0.308. The average Bonchev–Trinajstić information content (AvgIpc) is 2.87. The number of nitrogens with one attached hydrogen (secondary N) is 1. The maximum absolute atomic E-state index is 12.4. The molecule has 1 N–H and O–H groups in total. The van der Waals surface area contributed by atoms with Crippen LogP contribution in [0.25, 0.3) is 0 Å². The molecule has 0 saturated heterocycles. The van der Waals surface area contributed by atoms with Gasteiger partial charge in [-0.3, -0.25) is 9.48 Å². The number of rotatable bonds is 5. The minimum absolute atomic E-state index is 0.248. The predicted molar refractivity (Wildman–Crippen MR) is 86.9 cm³/mol. The minimum atomic E-state index is -0.520. The summed E-state index contributed by atoms with van der Waals surface area (Å²) in [6.45, 7) is 1.98. The second-order valence-corrected chi connectivity index (χ2v) is 6.10. The van der Waals surface area contributed by atoms with Crippen LogP contribution in [0.15, 0.2) is 27.7 Å². The van der Waals surface area contributed by atoms with E-state index in [0.29, 0.717) is 21.3 Å². The van der Waals surface area contributed by atoms with Crippen molar-refractivity contribution < 1.29 is 4.79 Å². The van der Waals surface area contributed by atoms with Crippen LogP contribution in [0, 0.1) is 11.3 Å². The highest BCUT2D eigenvalue weighted by atomic mass is 79.9. The Balaban J connectivity index is 2.21. The number of hydrogen-bond acceptors (Lipinski definition) is 5. The van der Waals surface area contributed by atoms with E-state index in [1.165, 1.54) is 17.1 Å². The van der Waals surface area contributed by atoms with Gasteiger partial charge >= 0.3 is 0 Å². The Kier molecular flexibility index (Phi) is 5.63. The fourth-order valence-corrected chi connectivity index (χ4v) is 2.43. The van der Waals surface area contributed by atoms with Gasteiger partial charge in [0.2, 0.25) is 5.91 Å². The lowest BCUT2D eigenvalue weighted by atomic mass is 10.1. The van der Waals surface area contributed by atoms with Crippen LogP contribution in [0.3, 0.4) is 0 Å². The maximum Gasteiger partial charge on any atom is 0.250 e. The van der Waals surface area contributed by atoms with E-state index in [0.717, 1.165) is 6.42 Å². The topological polar surface area (TPSA) is 96.5 Å². The third kappa shape index (κ3) is 3.90. The Morgan fingerprint density at radius 3 is 2.77 bits per heavy atom. The van der Waals surface area contributed by atoms with Crippen molar-refractivity contribution in [3.8, 4) is 6.07 Å². The summed E-state index contributed by atoms with van der Waals surface area (Å²) in [4.78, 5) is 20.5. The molecular formula is C13H12Br2N6O. The number of anilines is 1. The summed E-state index contributed by atoms with van der Waals surface area (Å²) in [7, 11) is 0. The molecule has 0 aromatic carbocycles. The molecule has 0 spiro atoms. The van der Waals surface area contributed by atoms with E-state index in [2.05, 4.69) is 52.2 Å². The van der Waals surface area contributed by atoms with Crippen LogP contribution >= 0.6 is 31.9 Å². The van der Waals surface area contributed by atoms with Gasteiger partial charge in [0.25, 0.3) is 0 Å². The molecule has 114 valence electrons. The summed E-state index contributed by atoms with van der Waals surface area (Å²) in [5.74, 6) is 0.110. The first kappa shape index (κ1) is 16.6. The molecular weight excluding hydrogens is 416 g/mol. The van der Waals surface area contributed by atoms with Crippen molar-refractivity contribution in [3.63, 3.8) is 0 Å². The Hall–Kier alpha value is -1.79. The lowest BCUT2D eigenvalue weighted by Gasteiger charge is -2.16. The highest BCUT2D eigenvalue weighted by molar-refractivity contribution is 9.10. The number of hydrogen-bond donors (Lipinski definition) is 1. The molecule has 0 aliphatic heterocycles. The lowest BCUT2D eigenvalue weighted by Crippen LogP contribution is -2.27. The van der Waals surface area contributed by atoms with Crippen LogP contribution in [0.5, 0.6) is 0 Å². The van der Waals surface area contributed by atoms with Crippen LogP contribution in [0.2, 0.25) is 0 Å². The first-order valence-corrected chi connectivity index (χ1v) is 8.07. The molecule has 1 atom stereocenters. The molecule has 2 heterocycles. The van der Waals surface area contributed by atoms with E-state index >= 15 is 0 Å². The van der Waals surface area contributed by atoms with Crippen LogP contribution in [0.4, 0.5) is 5.82 Å². The van der Waals surface area contributed by atoms with Gasteiger partial charge in [0.1, 0.15) is 16.7 Å². The number of amides is 1. The number of halogens is 2. The number of carbonyl (C=O) groups is 1. The van der Waals surface area contributed by atoms with Gasteiger partial charge in [-0.1, -0.05) is 13.3 Å². The van der Waals surface area contributed by atoms with Crippen molar-refractivity contribution in [2.75, 3.05) is 5.32 Å². The van der Waals surface area contributed by atoms with Gasteiger partial charge in [0.15, 0.2) is 11.5 Å². The summed E-state index contributed by atoms with van der Waals surface area (Å²) < 4.78 is 2.64. The predicted octanol–water partition coefficient (Wildman–Crippen LogP) is 3.05. The highest BCUT2D eigenvalue weighted by Crippen LogP contribution is 2.21. The van der Waals surface area contributed by atoms with Gasteiger partial charge in [-0.15, -0.1) is 0 Å². The van der Waals surface area contributed by atoms with Gasteiger partial charge in [0, 0.05) is 6.20 Å². The van der Waals surface area contributed by atoms with Gasteiger partial charge in [-0.2, -0.15) is 10.4 Å². The van der Waals surface area contributed by atoms with Crippen molar-refractivity contribution in [3.05, 3.63) is 33.4 Å². The smallest absolute Gasteiger partial charge is 0.250 e. The maximum atomic E-state index is 12.4. The molecule has 0 aliphatic rings. The highest BCUT2D eigenvalue weighted by Gasteiger charge is 2.22. The Morgan fingerprint density at radius 1 is 1.45 bits per heavy atom. The largest absolute Gasteiger partial charge is 0.308 e. The standard InChI is InChI=1S/C13H12Br2N6O/c1-2-3-10(21-7-8(14)9(4-16)20-21)13(22)19-12-6-17-11(15)5-18-12/h5-7,10H,2-3H2,1H3,(H,18,19,22). The lowest BCUT2D eigenvalue weighted by molar-refractivity contribution is -0.119. The van der Waals surface area contributed by atoms with Crippen molar-refractivity contribution in [1.29, 1.82) is 5.26 Å². The van der Waals surface area contributed by atoms with Crippen molar-refractivity contribution in [1.82, 2.24) is 19.7 Å². The molecule has 1 unspecified atom stereocenters. The van der Waals surface area contributed by atoms with Crippen molar-refractivity contribution >= 4 is 43.6 Å². The number of aromatic nitrogens is 4. The van der Waals surface area contributed by atoms with E-state index in [-0.39, 0.29) is 11.6 Å². The Bertz CT molecular complexity index is 706. The van der Waals surface area contributed by atoms with Crippen LogP contribution in [-0.4, -0.2) is 25.7 Å². The fourth-order valence-electron chi connectivity index (χ4n) is 1.85. The molecule has 0 radical (unpaired) electrons. The number of nitrogens with zero attached hydrogens (tertiary/aromatic N) is 5. The zero-order valence-electron chi connectivity index (χ0n) is 11.6. The zero-order valence-corrected chi connectivity index (χ0v) is 14.8. The molecule has 7 nitrogen and oxygen atoms in total. The second kappa shape index (κ2) is 7.47. The van der Waals surface area contributed by atoms with Gasteiger partial charge in [-0.25, -0.2) is 9.97 Å². The van der Waals surface area contributed by atoms with E-state index < -0.39 is 6.04 Å². The van der Waals surface area contributed by atoms with E-state index in [1.807, 2.05) is 13.0 Å². The summed E-state index contributed by atoms with van der Waals surface area (Å²) in [5, 5.41) is 15.8. The molecule has 2 rings (SSSR count). The first-order chi connectivity index (χ1) is 10.5. The van der Waals surface area contributed by atoms with Crippen LogP contribution in [-0.2, 0) is 4.79 Å². The summed E-state index contributed by atoms with van der Waals surface area (Å²) >= 11 is 6.44. The average molecular weight is 428 g/mol. The monoisotopic (exact) mass is 426 g/mol. The van der Waals surface area contributed by atoms with E-state index in [9.17, 15) is 4.79 Å². The number of nitriles is 1. The third-order valence-corrected chi connectivity index (χ3v) is 3.84. The molecule has 22 heavy (non-hydrogen) atoms. The SMILES string of the molecule is CCCC(C(=O)Nc1cnc(Br)cn1)n1cc(Br)c(C#N)n1. The van der Waals surface area contributed by atoms with E-state index in [1.54, 1.807) is 6.20 Å². The molecule has 0 saturated carbocycles.